The number of nitrogens with two attached hydrogens (primary N) is 1. The summed E-state index contributed by atoms with van der Waals surface area (Å²) < 4.78 is 2.32. The number of hydrogen-bond donors (Lipinski definition) is 2. The molecule has 1 aromatic heterocycles. The van der Waals surface area contributed by atoms with E-state index in [1.54, 1.807) is 0 Å². The Morgan fingerprint density at radius 3 is 2.83 bits per heavy atom. The minimum Gasteiger partial charge on any atom is -0.345 e. The summed E-state index contributed by atoms with van der Waals surface area (Å²) >= 11 is 6.23. The van der Waals surface area contributed by atoms with Gasteiger partial charge in [0.05, 0.1) is 31.2 Å². The molecule has 1 aliphatic carbocycles. The average Bonchev–Trinajstić information content (AvgIpc) is 2.74. The maximum absolute atomic E-state index is 6.23. The zero-order chi connectivity index (χ0) is 15.6. The minimum atomic E-state index is 0.562. The number of nitrogens with one attached hydrogen (secondary N) is 1. The van der Waals surface area contributed by atoms with E-state index in [2.05, 4.69) is 39.3 Å². The molecule has 5 rings (SSSR count). The quantitative estimate of drug-likeness (QED) is 0.766. The highest BCUT2D eigenvalue weighted by Gasteiger charge is 2.54. The zero-order valence-electron chi connectivity index (χ0n) is 13.3. The molecule has 1 spiro atoms. The second-order valence-electron chi connectivity index (χ2n) is 7.70. The van der Waals surface area contributed by atoms with Gasteiger partial charge in [0.15, 0.2) is 5.82 Å². The molecule has 0 radical (unpaired) electrons. The Balaban J connectivity index is 1.59. The van der Waals surface area contributed by atoms with Crippen molar-refractivity contribution in [3.63, 3.8) is 0 Å². The number of aromatic nitrogens is 3. The van der Waals surface area contributed by atoms with E-state index in [1.807, 2.05) is 6.07 Å². The van der Waals surface area contributed by atoms with Gasteiger partial charge >= 0.3 is 0 Å². The molecule has 5 nitrogen and oxygen atoms in total. The van der Waals surface area contributed by atoms with Crippen LogP contribution in [-0.2, 0) is 13.1 Å². The fraction of sp³-hybridized carbons (Fsp3) is 0.529. The topological polar surface area (TPSA) is 51.8 Å². The highest BCUT2D eigenvalue weighted by atomic mass is 35.5. The lowest BCUT2D eigenvalue weighted by atomic mass is 9.58. The van der Waals surface area contributed by atoms with Crippen molar-refractivity contribution in [3.8, 4) is 5.69 Å². The number of hydrogen-bond acceptors (Lipinski definition) is 2. The Labute approximate surface area is 140 Å². The van der Waals surface area contributed by atoms with E-state index in [1.165, 1.54) is 42.1 Å². The van der Waals surface area contributed by atoms with Crippen molar-refractivity contribution in [3.05, 3.63) is 40.4 Å². The van der Waals surface area contributed by atoms with Crippen LogP contribution in [-0.4, -0.2) is 34.9 Å². The SMILES string of the molecule is C[NH+]1Cc2cc(Cl)ccc2-n2c(nnc2C2CC3(C[NH2+]C3)C2)C1. The molecule has 2 fully saturated rings. The molecule has 0 amide bonds. The van der Waals surface area contributed by atoms with E-state index in [9.17, 15) is 0 Å². The number of fused-ring (bicyclic) bond motifs is 3. The molecule has 23 heavy (non-hydrogen) atoms. The normalized spacial score (nSPS) is 25.2. The highest BCUT2D eigenvalue weighted by molar-refractivity contribution is 6.30. The molecule has 1 unspecified atom stereocenters. The van der Waals surface area contributed by atoms with Crippen molar-refractivity contribution < 1.29 is 10.2 Å². The van der Waals surface area contributed by atoms with E-state index in [4.69, 9.17) is 11.6 Å². The highest BCUT2D eigenvalue weighted by Crippen LogP contribution is 2.51. The molecular formula is C17H22ClN5+2. The molecule has 1 atom stereocenters. The Bertz CT molecular complexity index is 771. The number of benzene rings is 1. The summed E-state index contributed by atoms with van der Waals surface area (Å²) in [5.41, 5.74) is 3.12. The van der Waals surface area contributed by atoms with Crippen molar-refractivity contribution >= 4 is 11.6 Å². The fourth-order valence-electron chi connectivity index (χ4n) is 4.60. The van der Waals surface area contributed by atoms with E-state index < -0.39 is 0 Å². The summed E-state index contributed by atoms with van der Waals surface area (Å²) in [4.78, 5) is 1.42. The molecule has 2 aliphatic heterocycles. The lowest BCUT2D eigenvalue weighted by Crippen LogP contribution is -3.06. The minimum absolute atomic E-state index is 0.562. The first-order chi connectivity index (χ1) is 11.1. The predicted octanol–water partition coefficient (Wildman–Crippen LogP) is -0.110. The number of quaternary nitrogens is 2. The van der Waals surface area contributed by atoms with Gasteiger partial charge in [-0.15, -0.1) is 10.2 Å². The Morgan fingerprint density at radius 1 is 1.26 bits per heavy atom. The first-order valence-corrected chi connectivity index (χ1v) is 8.87. The Hall–Kier alpha value is -1.43. The van der Waals surface area contributed by atoms with Gasteiger partial charge < -0.3 is 10.2 Å². The van der Waals surface area contributed by atoms with Crippen LogP contribution in [0, 0.1) is 5.41 Å². The van der Waals surface area contributed by atoms with Gasteiger partial charge in [-0.2, -0.15) is 0 Å². The largest absolute Gasteiger partial charge is 0.345 e. The first-order valence-electron chi connectivity index (χ1n) is 8.50. The van der Waals surface area contributed by atoms with Crippen LogP contribution in [0.3, 0.4) is 0 Å². The molecule has 3 aliphatic rings. The van der Waals surface area contributed by atoms with Crippen LogP contribution in [0.4, 0.5) is 0 Å². The van der Waals surface area contributed by atoms with Crippen molar-refractivity contribution in [1.82, 2.24) is 14.8 Å². The standard InChI is InChI=1S/C17H20ClN5/c1-22-7-11-4-13(18)2-3-14(11)23-15(8-22)20-21-16(23)12-5-17(6-12)9-19-10-17/h2-4,12,19H,5-10H2,1H3/p+2. The lowest BCUT2D eigenvalue weighted by Gasteiger charge is -2.50. The second-order valence-corrected chi connectivity index (χ2v) is 8.13. The Morgan fingerprint density at radius 2 is 2.09 bits per heavy atom. The molecule has 1 saturated carbocycles. The van der Waals surface area contributed by atoms with Crippen LogP contribution < -0.4 is 10.2 Å². The summed E-state index contributed by atoms with van der Waals surface area (Å²) in [6.07, 6.45) is 2.54. The van der Waals surface area contributed by atoms with Gasteiger partial charge in [0.2, 0.25) is 0 Å². The smallest absolute Gasteiger partial charge is 0.192 e. The Kier molecular flexibility index (Phi) is 2.90. The molecule has 6 heteroatoms. The molecular weight excluding hydrogens is 310 g/mol. The molecule has 1 saturated heterocycles. The van der Waals surface area contributed by atoms with Crippen LogP contribution in [0.5, 0.6) is 0 Å². The molecule has 3 heterocycles. The van der Waals surface area contributed by atoms with E-state index in [0.29, 0.717) is 11.3 Å². The molecule has 120 valence electrons. The summed E-state index contributed by atoms with van der Waals surface area (Å²) in [6.45, 7) is 4.47. The maximum Gasteiger partial charge on any atom is 0.192 e. The van der Waals surface area contributed by atoms with E-state index in [-0.39, 0.29) is 0 Å². The predicted molar refractivity (Wildman–Crippen MR) is 86.7 cm³/mol. The van der Waals surface area contributed by atoms with Crippen molar-refractivity contribution in [2.75, 3.05) is 20.1 Å². The summed E-state index contributed by atoms with van der Waals surface area (Å²) in [5, 5.41) is 12.4. The van der Waals surface area contributed by atoms with Crippen LogP contribution in [0.2, 0.25) is 5.02 Å². The average molecular weight is 332 g/mol. The zero-order valence-corrected chi connectivity index (χ0v) is 14.1. The van der Waals surface area contributed by atoms with Gasteiger partial charge in [-0.3, -0.25) is 4.57 Å². The molecule has 2 aromatic rings. The van der Waals surface area contributed by atoms with Gasteiger partial charge in [-0.25, -0.2) is 0 Å². The lowest BCUT2D eigenvalue weighted by molar-refractivity contribution is -0.907. The van der Waals surface area contributed by atoms with Gasteiger partial charge in [-0.1, -0.05) is 11.6 Å². The summed E-state index contributed by atoms with van der Waals surface area (Å²) in [7, 11) is 2.21. The summed E-state index contributed by atoms with van der Waals surface area (Å²) in [6, 6.07) is 6.22. The van der Waals surface area contributed by atoms with Crippen LogP contribution >= 0.6 is 11.6 Å². The first kappa shape index (κ1) is 14.0. The van der Waals surface area contributed by atoms with Gasteiger partial charge in [0.1, 0.15) is 18.9 Å². The van der Waals surface area contributed by atoms with E-state index in [0.717, 1.165) is 29.8 Å². The van der Waals surface area contributed by atoms with Gasteiger partial charge in [0, 0.05) is 16.5 Å². The van der Waals surface area contributed by atoms with Crippen LogP contribution in [0.1, 0.15) is 36.0 Å². The van der Waals surface area contributed by atoms with Crippen LogP contribution in [0.15, 0.2) is 18.2 Å². The summed E-state index contributed by atoms with van der Waals surface area (Å²) in [5.74, 6) is 2.81. The monoisotopic (exact) mass is 331 g/mol. The van der Waals surface area contributed by atoms with E-state index >= 15 is 0 Å². The number of nitrogens with zero attached hydrogens (tertiary/aromatic N) is 3. The van der Waals surface area contributed by atoms with Crippen molar-refractivity contribution in [2.24, 2.45) is 5.41 Å². The van der Waals surface area contributed by atoms with Crippen molar-refractivity contribution in [2.45, 2.75) is 31.8 Å². The van der Waals surface area contributed by atoms with Gasteiger partial charge in [-0.05, 0) is 31.0 Å². The van der Waals surface area contributed by atoms with Gasteiger partial charge in [0.25, 0.3) is 0 Å². The molecule has 0 bridgehead atoms. The molecule has 1 aromatic carbocycles. The fourth-order valence-corrected chi connectivity index (χ4v) is 4.79. The third kappa shape index (κ3) is 2.07. The number of rotatable bonds is 1. The van der Waals surface area contributed by atoms with Crippen LogP contribution in [0.25, 0.3) is 5.69 Å². The third-order valence-corrected chi connectivity index (χ3v) is 6.10. The second kappa shape index (κ2) is 4.79. The maximum atomic E-state index is 6.23. The third-order valence-electron chi connectivity index (χ3n) is 5.87. The molecule has 3 N–H and O–H groups in total. The van der Waals surface area contributed by atoms with Crippen molar-refractivity contribution in [1.29, 1.82) is 0 Å². The number of halogens is 1.